The first-order valence-corrected chi connectivity index (χ1v) is 11.9. The second-order valence-electron chi connectivity index (χ2n) is 8.40. The van der Waals surface area contributed by atoms with Gasteiger partial charge in [0, 0.05) is 31.7 Å². The standard InChI is InChI=1S/C27H36N2O4/c1-4-6-17-29-25(30)16-15-23(26(29)22-13-9-10-14-24(22)32-3)27(31)28-18-20-11-7-8-12-21(20)19-33-5-2/h7-14,23,26H,4-6,15-19H2,1-3H3,(H,28,31). The Balaban J connectivity index is 1.84. The maximum atomic E-state index is 13.5. The summed E-state index contributed by atoms with van der Waals surface area (Å²) >= 11 is 0. The molecule has 0 aliphatic carbocycles. The molecular formula is C27H36N2O4. The van der Waals surface area contributed by atoms with Gasteiger partial charge in [-0.1, -0.05) is 55.8 Å². The van der Waals surface area contributed by atoms with E-state index in [4.69, 9.17) is 9.47 Å². The van der Waals surface area contributed by atoms with Gasteiger partial charge in [-0.15, -0.1) is 0 Å². The lowest BCUT2D eigenvalue weighted by Gasteiger charge is -2.41. The van der Waals surface area contributed by atoms with E-state index in [1.54, 1.807) is 7.11 Å². The van der Waals surface area contributed by atoms with Crippen molar-refractivity contribution in [2.75, 3.05) is 20.3 Å². The summed E-state index contributed by atoms with van der Waals surface area (Å²) in [6.07, 6.45) is 2.79. The Bertz CT molecular complexity index is 930. The van der Waals surface area contributed by atoms with E-state index in [0.29, 0.717) is 44.9 Å². The molecule has 1 aliphatic heterocycles. The first-order chi connectivity index (χ1) is 16.1. The molecule has 1 N–H and O–H groups in total. The second-order valence-corrected chi connectivity index (χ2v) is 8.40. The zero-order valence-electron chi connectivity index (χ0n) is 20.0. The Hall–Kier alpha value is -2.86. The van der Waals surface area contributed by atoms with Crippen LogP contribution >= 0.6 is 0 Å². The van der Waals surface area contributed by atoms with Crippen molar-refractivity contribution in [2.24, 2.45) is 5.92 Å². The van der Waals surface area contributed by atoms with Crippen LogP contribution in [0, 0.1) is 5.92 Å². The molecule has 3 rings (SSSR count). The van der Waals surface area contributed by atoms with E-state index in [0.717, 1.165) is 29.5 Å². The highest BCUT2D eigenvalue weighted by atomic mass is 16.5. The summed E-state index contributed by atoms with van der Waals surface area (Å²) < 4.78 is 11.2. The average molecular weight is 453 g/mol. The number of nitrogens with zero attached hydrogens (tertiary/aromatic N) is 1. The van der Waals surface area contributed by atoms with Crippen LogP contribution in [0.3, 0.4) is 0 Å². The first-order valence-electron chi connectivity index (χ1n) is 11.9. The van der Waals surface area contributed by atoms with Crippen LogP contribution < -0.4 is 10.1 Å². The van der Waals surface area contributed by atoms with Gasteiger partial charge in [-0.3, -0.25) is 9.59 Å². The van der Waals surface area contributed by atoms with Gasteiger partial charge in [0.05, 0.1) is 25.7 Å². The van der Waals surface area contributed by atoms with Crippen LogP contribution in [-0.4, -0.2) is 37.0 Å². The van der Waals surface area contributed by atoms with E-state index in [-0.39, 0.29) is 23.8 Å². The molecule has 1 heterocycles. The largest absolute Gasteiger partial charge is 0.496 e. The normalized spacial score (nSPS) is 18.3. The Morgan fingerprint density at radius 1 is 1.09 bits per heavy atom. The van der Waals surface area contributed by atoms with Crippen molar-refractivity contribution in [3.05, 3.63) is 65.2 Å². The SMILES string of the molecule is CCCCN1C(=O)CCC(C(=O)NCc2ccccc2COCC)C1c1ccccc1OC. The molecular weight excluding hydrogens is 416 g/mol. The number of unbranched alkanes of at least 4 members (excludes halogenated alkanes) is 1. The van der Waals surface area contributed by atoms with Gasteiger partial charge >= 0.3 is 0 Å². The fourth-order valence-electron chi connectivity index (χ4n) is 4.51. The molecule has 1 aliphatic rings. The third-order valence-electron chi connectivity index (χ3n) is 6.29. The van der Waals surface area contributed by atoms with Gasteiger partial charge in [0.15, 0.2) is 0 Å². The third kappa shape index (κ3) is 6.14. The summed E-state index contributed by atoms with van der Waals surface area (Å²) in [5.74, 6) is 0.435. The highest BCUT2D eigenvalue weighted by molar-refractivity contribution is 5.85. The molecule has 0 saturated carbocycles. The number of carbonyl (C=O) groups excluding carboxylic acids is 2. The topological polar surface area (TPSA) is 67.9 Å². The van der Waals surface area contributed by atoms with Crippen LogP contribution in [0.5, 0.6) is 5.75 Å². The van der Waals surface area contributed by atoms with Crippen LogP contribution in [0.4, 0.5) is 0 Å². The number of hydrogen-bond donors (Lipinski definition) is 1. The number of para-hydroxylation sites is 1. The highest BCUT2D eigenvalue weighted by Crippen LogP contribution is 2.40. The number of methoxy groups -OCH3 is 1. The highest BCUT2D eigenvalue weighted by Gasteiger charge is 2.41. The number of amides is 2. The summed E-state index contributed by atoms with van der Waals surface area (Å²) in [5, 5.41) is 3.14. The van der Waals surface area contributed by atoms with Gasteiger partial charge in [-0.25, -0.2) is 0 Å². The number of carbonyl (C=O) groups is 2. The molecule has 1 saturated heterocycles. The van der Waals surface area contributed by atoms with Crippen LogP contribution in [0.2, 0.25) is 0 Å². The Morgan fingerprint density at radius 2 is 1.82 bits per heavy atom. The van der Waals surface area contributed by atoms with Gasteiger partial charge in [-0.2, -0.15) is 0 Å². The lowest BCUT2D eigenvalue weighted by molar-refractivity contribution is -0.143. The van der Waals surface area contributed by atoms with Gasteiger partial charge < -0.3 is 19.7 Å². The summed E-state index contributed by atoms with van der Waals surface area (Å²) in [4.78, 5) is 28.3. The number of ether oxygens (including phenoxy) is 2. The third-order valence-corrected chi connectivity index (χ3v) is 6.29. The molecule has 2 unspecified atom stereocenters. The van der Waals surface area contributed by atoms with Crippen molar-refractivity contribution >= 4 is 11.8 Å². The zero-order valence-corrected chi connectivity index (χ0v) is 20.0. The summed E-state index contributed by atoms with van der Waals surface area (Å²) in [5.41, 5.74) is 3.01. The van der Waals surface area contributed by atoms with E-state index in [1.807, 2.05) is 60.4 Å². The quantitative estimate of drug-likeness (QED) is 0.540. The van der Waals surface area contributed by atoms with Gasteiger partial charge in [0.1, 0.15) is 5.75 Å². The number of likely N-dealkylation sites (tertiary alicyclic amines) is 1. The van der Waals surface area contributed by atoms with Gasteiger partial charge in [0.2, 0.25) is 11.8 Å². The van der Waals surface area contributed by atoms with Crippen molar-refractivity contribution < 1.29 is 19.1 Å². The Morgan fingerprint density at radius 3 is 2.55 bits per heavy atom. The van der Waals surface area contributed by atoms with E-state index in [1.165, 1.54) is 0 Å². The van der Waals surface area contributed by atoms with Crippen LogP contribution in [-0.2, 0) is 27.5 Å². The minimum absolute atomic E-state index is 0.0360. The van der Waals surface area contributed by atoms with E-state index < -0.39 is 0 Å². The average Bonchev–Trinajstić information content (AvgIpc) is 2.85. The van der Waals surface area contributed by atoms with Gasteiger partial charge in [0.25, 0.3) is 0 Å². The number of nitrogens with one attached hydrogen (secondary N) is 1. The smallest absolute Gasteiger partial charge is 0.225 e. The molecule has 178 valence electrons. The molecule has 0 radical (unpaired) electrons. The molecule has 6 nitrogen and oxygen atoms in total. The molecule has 2 atom stereocenters. The molecule has 0 spiro atoms. The number of benzene rings is 2. The molecule has 0 bridgehead atoms. The van der Waals surface area contributed by atoms with E-state index in [9.17, 15) is 9.59 Å². The van der Waals surface area contributed by atoms with Crippen LogP contribution in [0.25, 0.3) is 0 Å². The Kier molecular flexibility index (Phi) is 9.31. The lowest BCUT2D eigenvalue weighted by Crippen LogP contribution is -2.48. The summed E-state index contributed by atoms with van der Waals surface area (Å²) in [6.45, 7) is 6.31. The summed E-state index contributed by atoms with van der Waals surface area (Å²) in [7, 11) is 1.63. The maximum absolute atomic E-state index is 13.5. The predicted molar refractivity (Wildman–Crippen MR) is 129 cm³/mol. The monoisotopic (exact) mass is 452 g/mol. The zero-order chi connectivity index (χ0) is 23.6. The molecule has 6 heteroatoms. The lowest BCUT2D eigenvalue weighted by atomic mass is 9.83. The molecule has 2 aromatic rings. The fourth-order valence-corrected chi connectivity index (χ4v) is 4.51. The fraction of sp³-hybridized carbons (Fsp3) is 0.481. The van der Waals surface area contributed by atoms with Crippen molar-refractivity contribution in [1.29, 1.82) is 0 Å². The summed E-state index contributed by atoms with van der Waals surface area (Å²) in [6, 6.07) is 15.4. The molecule has 2 amide bonds. The van der Waals surface area contributed by atoms with E-state index in [2.05, 4.69) is 12.2 Å². The van der Waals surface area contributed by atoms with Crippen LogP contribution in [0.15, 0.2) is 48.5 Å². The number of hydrogen-bond acceptors (Lipinski definition) is 4. The Labute approximate surface area is 197 Å². The molecule has 2 aromatic carbocycles. The minimum atomic E-state index is -0.340. The van der Waals surface area contributed by atoms with Crippen LogP contribution in [0.1, 0.15) is 62.3 Å². The van der Waals surface area contributed by atoms with E-state index >= 15 is 0 Å². The minimum Gasteiger partial charge on any atom is -0.496 e. The molecule has 33 heavy (non-hydrogen) atoms. The predicted octanol–water partition coefficient (Wildman–Crippen LogP) is 4.63. The van der Waals surface area contributed by atoms with Crippen molar-refractivity contribution in [2.45, 2.75) is 58.7 Å². The second kappa shape index (κ2) is 12.4. The van der Waals surface area contributed by atoms with Crippen molar-refractivity contribution in [3.63, 3.8) is 0 Å². The van der Waals surface area contributed by atoms with Gasteiger partial charge in [-0.05, 0) is 37.0 Å². The maximum Gasteiger partial charge on any atom is 0.225 e. The first kappa shape index (κ1) is 24.8. The van der Waals surface area contributed by atoms with Crippen molar-refractivity contribution in [1.82, 2.24) is 10.2 Å². The number of rotatable bonds is 11. The number of piperidine rings is 1. The molecule has 1 fully saturated rings. The van der Waals surface area contributed by atoms with Crippen molar-refractivity contribution in [3.8, 4) is 5.75 Å². The molecule has 0 aromatic heterocycles.